The summed E-state index contributed by atoms with van der Waals surface area (Å²) in [4.78, 5) is 19.6. The molecule has 1 aliphatic rings. The normalized spacial score (nSPS) is 18.1. The van der Waals surface area contributed by atoms with Crippen LogP contribution >= 0.6 is 21.7 Å². The molecule has 120 valence electrons. The quantitative estimate of drug-likeness (QED) is 0.620. The number of rotatable bonds is 6. The second kappa shape index (κ2) is 11.2. The second-order valence-corrected chi connectivity index (χ2v) is 5.74. The molecule has 0 aliphatic carbocycles. The first-order valence-electron chi connectivity index (χ1n) is 7.47. The van der Waals surface area contributed by atoms with Crippen molar-refractivity contribution in [3.05, 3.63) is 18.1 Å². The van der Waals surface area contributed by atoms with Crippen LogP contribution < -0.4 is 4.90 Å². The molecule has 1 aromatic rings. The molecule has 5 nitrogen and oxygen atoms in total. The fraction of sp³-hybridized carbons (Fsp3) is 0.714. The Morgan fingerprint density at radius 2 is 2.24 bits per heavy atom. The maximum Gasteiger partial charge on any atom is 0.152 e. The maximum absolute atomic E-state index is 8.75. The van der Waals surface area contributed by atoms with Crippen LogP contribution in [0, 0.1) is 0 Å². The Kier molecular flexibility index (Phi) is 9.92. The number of hydrogen-bond donors (Lipinski definition) is 2. The van der Waals surface area contributed by atoms with Crippen LogP contribution in [-0.4, -0.2) is 39.8 Å². The van der Waals surface area contributed by atoms with Crippen molar-refractivity contribution in [1.82, 2.24) is 9.97 Å². The zero-order valence-electron chi connectivity index (χ0n) is 12.8. The van der Waals surface area contributed by atoms with E-state index < -0.39 is 9.03 Å². The number of unbranched alkanes of at least 4 members (excludes halogenated alkanes) is 1. The molecule has 2 rings (SSSR count). The summed E-state index contributed by atoms with van der Waals surface area (Å²) < 4.78 is 5.22. The summed E-state index contributed by atoms with van der Waals surface area (Å²) in [5.41, 5.74) is 0. The van der Waals surface area contributed by atoms with Gasteiger partial charge in [0.05, 0.1) is 6.10 Å². The van der Waals surface area contributed by atoms with Crippen molar-refractivity contribution < 1.29 is 9.42 Å². The van der Waals surface area contributed by atoms with Gasteiger partial charge in [-0.3, -0.25) is 0 Å². The van der Waals surface area contributed by atoms with Crippen LogP contribution in [-0.2, 0) is 10.9 Å². The predicted octanol–water partition coefficient (Wildman–Crippen LogP) is 2.85. The fourth-order valence-electron chi connectivity index (χ4n) is 1.89. The van der Waals surface area contributed by atoms with Gasteiger partial charge in [-0.25, -0.2) is 9.97 Å². The standard InChI is InChI=1S/C10H16N3O2PS.C4H10/c14-16-15-8-2-5-13(7-8)10-1-4-11-9(12-10)3-6-17;1-3-4-2/h1,4,8,14,16-17H,2-3,5-7H2;3-4H2,1-2H3. The Bertz CT molecular complexity index is 396. The maximum atomic E-state index is 8.75. The predicted molar refractivity (Wildman–Crippen MR) is 92.4 cm³/mol. The van der Waals surface area contributed by atoms with E-state index in [2.05, 4.69) is 41.3 Å². The molecule has 0 saturated carbocycles. The van der Waals surface area contributed by atoms with Gasteiger partial charge in [0.1, 0.15) is 11.6 Å². The van der Waals surface area contributed by atoms with Gasteiger partial charge in [0.15, 0.2) is 9.03 Å². The smallest absolute Gasteiger partial charge is 0.152 e. The molecular weight excluding hydrogens is 305 g/mol. The molecule has 2 atom stereocenters. The first-order valence-corrected chi connectivity index (χ1v) is 8.96. The van der Waals surface area contributed by atoms with E-state index >= 15 is 0 Å². The molecule has 1 fully saturated rings. The number of thiol groups is 1. The Morgan fingerprint density at radius 1 is 1.48 bits per heavy atom. The largest absolute Gasteiger partial charge is 0.354 e. The lowest BCUT2D eigenvalue weighted by Gasteiger charge is -2.17. The molecule has 0 amide bonds. The van der Waals surface area contributed by atoms with E-state index in [1.807, 2.05) is 6.07 Å². The van der Waals surface area contributed by atoms with E-state index in [1.54, 1.807) is 6.20 Å². The van der Waals surface area contributed by atoms with Gasteiger partial charge in [-0.2, -0.15) is 12.6 Å². The Morgan fingerprint density at radius 3 is 2.86 bits per heavy atom. The summed E-state index contributed by atoms with van der Waals surface area (Å²) in [5, 5.41) is 0. The molecule has 1 N–H and O–H groups in total. The van der Waals surface area contributed by atoms with Crippen LogP contribution in [0.1, 0.15) is 38.9 Å². The van der Waals surface area contributed by atoms with E-state index in [-0.39, 0.29) is 6.10 Å². The van der Waals surface area contributed by atoms with Gasteiger partial charge in [0, 0.05) is 25.7 Å². The van der Waals surface area contributed by atoms with E-state index in [1.165, 1.54) is 12.8 Å². The van der Waals surface area contributed by atoms with Crippen molar-refractivity contribution in [2.24, 2.45) is 0 Å². The molecule has 2 unspecified atom stereocenters. The summed E-state index contributed by atoms with van der Waals surface area (Å²) >= 11 is 4.18. The van der Waals surface area contributed by atoms with E-state index in [4.69, 9.17) is 9.42 Å². The van der Waals surface area contributed by atoms with Gasteiger partial charge in [-0.15, -0.1) is 0 Å². The molecule has 1 saturated heterocycles. The highest BCUT2D eigenvalue weighted by molar-refractivity contribution is 7.80. The molecule has 0 aromatic carbocycles. The second-order valence-electron chi connectivity index (χ2n) is 4.87. The Labute approximate surface area is 134 Å². The summed E-state index contributed by atoms with van der Waals surface area (Å²) in [5.74, 6) is 2.51. The number of anilines is 1. The molecule has 0 bridgehead atoms. The first-order chi connectivity index (χ1) is 10.2. The van der Waals surface area contributed by atoms with Gasteiger partial charge in [-0.1, -0.05) is 26.7 Å². The van der Waals surface area contributed by atoms with Crippen molar-refractivity contribution in [3.63, 3.8) is 0 Å². The van der Waals surface area contributed by atoms with Gasteiger partial charge in [0.25, 0.3) is 0 Å². The van der Waals surface area contributed by atoms with Crippen molar-refractivity contribution in [3.8, 4) is 0 Å². The SMILES string of the molecule is CCCC.OPOC1CCN(c2ccnc(CCS)n2)C1. The first kappa shape index (κ1) is 18.6. The molecular formula is C14H26N3O2PS. The summed E-state index contributed by atoms with van der Waals surface area (Å²) in [6, 6.07) is 1.91. The number of nitrogens with zero attached hydrogens (tertiary/aromatic N) is 3. The van der Waals surface area contributed by atoms with Crippen LogP contribution in [0.5, 0.6) is 0 Å². The molecule has 2 heterocycles. The highest BCUT2D eigenvalue weighted by Gasteiger charge is 2.24. The van der Waals surface area contributed by atoms with E-state index in [0.29, 0.717) is 0 Å². The van der Waals surface area contributed by atoms with Crippen LogP contribution in [0.4, 0.5) is 5.82 Å². The highest BCUT2D eigenvalue weighted by Crippen LogP contribution is 2.23. The van der Waals surface area contributed by atoms with Crippen molar-refractivity contribution >= 4 is 27.5 Å². The number of aryl methyl sites for hydroxylation is 1. The highest BCUT2D eigenvalue weighted by atomic mass is 32.1. The van der Waals surface area contributed by atoms with Crippen LogP contribution in [0.2, 0.25) is 0 Å². The summed E-state index contributed by atoms with van der Waals surface area (Å²) in [7, 11) is -0.433. The third-order valence-electron chi connectivity index (χ3n) is 3.21. The molecule has 0 radical (unpaired) electrons. The molecule has 1 aliphatic heterocycles. The topological polar surface area (TPSA) is 58.5 Å². The lowest BCUT2D eigenvalue weighted by atomic mass is 10.3. The van der Waals surface area contributed by atoms with Crippen LogP contribution in [0.25, 0.3) is 0 Å². The average Bonchev–Trinajstić information content (AvgIpc) is 2.97. The van der Waals surface area contributed by atoms with E-state index in [0.717, 1.165) is 43.3 Å². The monoisotopic (exact) mass is 331 g/mol. The lowest BCUT2D eigenvalue weighted by Crippen LogP contribution is -2.23. The van der Waals surface area contributed by atoms with Gasteiger partial charge < -0.3 is 14.3 Å². The van der Waals surface area contributed by atoms with E-state index in [9.17, 15) is 0 Å². The van der Waals surface area contributed by atoms with Crippen molar-refractivity contribution in [1.29, 1.82) is 0 Å². The van der Waals surface area contributed by atoms with Gasteiger partial charge in [-0.05, 0) is 18.2 Å². The molecule has 0 spiro atoms. The molecule has 7 heteroatoms. The van der Waals surface area contributed by atoms with Gasteiger partial charge >= 0.3 is 0 Å². The zero-order valence-corrected chi connectivity index (χ0v) is 14.7. The molecule has 1 aromatic heterocycles. The Hall–Kier alpha value is -0.420. The molecule has 21 heavy (non-hydrogen) atoms. The Balaban J connectivity index is 0.000000491. The number of aromatic nitrogens is 2. The summed E-state index contributed by atoms with van der Waals surface area (Å²) in [6.07, 6.45) is 6.24. The minimum Gasteiger partial charge on any atom is -0.354 e. The van der Waals surface area contributed by atoms with Gasteiger partial charge in [0.2, 0.25) is 0 Å². The third kappa shape index (κ3) is 6.92. The van der Waals surface area contributed by atoms with Crippen molar-refractivity contribution in [2.45, 2.75) is 45.6 Å². The fourth-order valence-corrected chi connectivity index (χ4v) is 2.43. The average molecular weight is 331 g/mol. The lowest BCUT2D eigenvalue weighted by molar-refractivity contribution is 0.236. The zero-order chi connectivity index (χ0) is 15.5. The summed E-state index contributed by atoms with van der Waals surface area (Å²) in [6.45, 7) is 6.05. The van der Waals surface area contributed by atoms with Crippen LogP contribution in [0.3, 0.4) is 0 Å². The van der Waals surface area contributed by atoms with Crippen molar-refractivity contribution in [2.75, 3.05) is 23.7 Å². The van der Waals surface area contributed by atoms with Crippen LogP contribution in [0.15, 0.2) is 12.3 Å². The third-order valence-corrected chi connectivity index (χ3v) is 3.88. The number of hydrogen-bond acceptors (Lipinski definition) is 6. The minimum absolute atomic E-state index is 0.113. The minimum atomic E-state index is -0.433.